The number of ether oxygens (including phenoxy) is 1. The summed E-state index contributed by atoms with van der Waals surface area (Å²) >= 11 is 0. The normalized spacial score (nSPS) is 31.4. The van der Waals surface area contributed by atoms with Crippen molar-refractivity contribution in [2.24, 2.45) is 24.3 Å². The summed E-state index contributed by atoms with van der Waals surface area (Å²) in [5, 5.41) is 7.25. The molecule has 3 unspecified atom stereocenters. The summed E-state index contributed by atoms with van der Waals surface area (Å²) in [6, 6.07) is 10.7. The van der Waals surface area contributed by atoms with Gasteiger partial charge in [-0.25, -0.2) is 0 Å². The molecule has 0 radical (unpaired) electrons. The molecule has 1 aromatic heterocycles. The van der Waals surface area contributed by atoms with E-state index in [1.807, 2.05) is 20.9 Å². The van der Waals surface area contributed by atoms with Crippen molar-refractivity contribution in [1.82, 2.24) is 9.78 Å². The third-order valence-electron chi connectivity index (χ3n) is 8.29. The Labute approximate surface area is 189 Å². The highest BCUT2D eigenvalue weighted by Gasteiger charge is 2.61. The largest absolute Gasteiger partial charge is 0.452 e. The summed E-state index contributed by atoms with van der Waals surface area (Å²) in [7, 11) is 1.84. The molecule has 0 spiro atoms. The Kier molecular flexibility index (Phi) is 4.95. The number of esters is 1. The van der Waals surface area contributed by atoms with E-state index < -0.39 is 11.5 Å². The first-order chi connectivity index (χ1) is 15.2. The monoisotopic (exact) mass is 435 g/mol. The number of hydrogen-bond donors (Lipinski definition) is 1. The van der Waals surface area contributed by atoms with Crippen LogP contribution in [0.3, 0.4) is 0 Å². The van der Waals surface area contributed by atoms with E-state index in [1.54, 1.807) is 11.6 Å². The van der Waals surface area contributed by atoms with Gasteiger partial charge in [-0.2, -0.15) is 5.10 Å². The van der Waals surface area contributed by atoms with Crippen LogP contribution in [0.1, 0.15) is 62.4 Å². The summed E-state index contributed by atoms with van der Waals surface area (Å²) < 4.78 is 7.59. The lowest BCUT2D eigenvalue weighted by atomic mass is 9.43. The fraction of sp³-hybridized carbons (Fsp3) is 0.577. The first-order valence-corrected chi connectivity index (χ1v) is 11.8. The smallest absolute Gasteiger partial charge is 0.312 e. The molecule has 1 heterocycles. The van der Waals surface area contributed by atoms with E-state index in [0.29, 0.717) is 17.5 Å². The predicted molar refractivity (Wildman–Crippen MR) is 122 cm³/mol. The van der Waals surface area contributed by atoms with Gasteiger partial charge in [0.2, 0.25) is 0 Å². The molecule has 170 valence electrons. The van der Waals surface area contributed by atoms with Gasteiger partial charge in [-0.05, 0) is 82.1 Å². The molecule has 3 atom stereocenters. The van der Waals surface area contributed by atoms with Crippen molar-refractivity contribution in [2.75, 3.05) is 5.32 Å². The van der Waals surface area contributed by atoms with Crippen LogP contribution in [0.25, 0.3) is 0 Å². The first-order valence-electron chi connectivity index (χ1n) is 11.8. The lowest BCUT2D eigenvalue weighted by Crippen LogP contribution is -2.57. The molecule has 6 nitrogen and oxygen atoms in total. The topological polar surface area (TPSA) is 73.2 Å². The van der Waals surface area contributed by atoms with Crippen LogP contribution in [0.2, 0.25) is 0 Å². The van der Waals surface area contributed by atoms with Crippen molar-refractivity contribution in [3.8, 4) is 0 Å². The van der Waals surface area contributed by atoms with Crippen molar-refractivity contribution in [1.29, 1.82) is 0 Å². The second kappa shape index (κ2) is 7.46. The zero-order chi connectivity index (χ0) is 22.7. The fourth-order valence-corrected chi connectivity index (χ4v) is 7.15. The van der Waals surface area contributed by atoms with E-state index in [9.17, 15) is 9.59 Å². The van der Waals surface area contributed by atoms with Gasteiger partial charge in [0.1, 0.15) is 0 Å². The molecule has 1 amide bonds. The van der Waals surface area contributed by atoms with E-state index in [1.165, 1.54) is 12.0 Å². The number of amides is 1. The Bertz CT molecular complexity index is 1040. The van der Waals surface area contributed by atoms with Gasteiger partial charge in [0.05, 0.1) is 22.5 Å². The van der Waals surface area contributed by atoms with Gasteiger partial charge in [0, 0.05) is 7.05 Å². The third-order valence-corrected chi connectivity index (χ3v) is 8.29. The van der Waals surface area contributed by atoms with Crippen LogP contribution in [0, 0.1) is 31.1 Å². The molecule has 1 N–H and O–H groups in total. The minimum atomic E-state index is -0.845. The molecule has 32 heavy (non-hydrogen) atoms. The van der Waals surface area contributed by atoms with Gasteiger partial charge >= 0.3 is 5.97 Å². The Morgan fingerprint density at radius 1 is 1.12 bits per heavy atom. The average molecular weight is 436 g/mol. The summed E-state index contributed by atoms with van der Waals surface area (Å²) in [6.07, 6.45) is 5.33. The Balaban J connectivity index is 1.33. The van der Waals surface area contributed by atoms with Gasteiger partial charge in [0.15, 0.2) is 6.10 Å². The van der Waals surface area contributed by atoms with Crippen molar-refractivity contribution < 1.29 is 14.3 Å². The van der Waals surface area contributed by atoms with Crippen LogP contribution >= 0.6 is 0 Å². The van der Waals surface area contributed by atoms with Crippen LogP contribution < -0.4 is 5.32 Å². The van der Waals surface area contributed by atoms with Crippen molar-refractivity contribution in [3.05, 3.63) is 47.3 Å². The van der Waals surface area contributed by atoms with Crippen molar-refractivity contribution in [3.63, 3.8) is 0 Å². The van der Waals surface area contributed by atoms with E-state index in [0.717, 1.165) is 43.5 Å². The van der Waals surface area contributed by atoms with E-state index in [4.69, 9.17) is 4.74 Å². The highest BCUT2D eigenvalue weighted by molar-refractivity contribution is 5.96. The number of anilines is 1. The number of benzene rings is 1. The van der Waals surface area contributed by atoms with Crippen LogP contribution in [0.4, 0.5) is 5.69 Å². The van der Waals surface area contributed by atoms with Gasteiger partial charge in [-0.15, -0.1) is 0 Å². The molecule has 6 heteroatoms. The van der Waals surface area contributed by atoms with Crippen LogP contribution in [-0.2, 0) is 26.8 Å². The Morgan fingerprint density at radius 3 is 2.38 bits per heavy atom. The Morgan fingerprint density at radius 2 is 1.78 bits per heavy atom. The molecule has 4 bridgehead atoms. The SMILES string of the molecule is Cc1nn(C)c(C)c1NC(=O)C(C)OC(=O)C12CC3CC(C1)CC(c1ccccc1)(C3)C2. The van der Waals surface area contributed by atoms with E-state index in [2.05, 4.69) is 40.7 Å². The van der Waals surface area contributed by atoms with Gasteiger partial charge < -0.3 is 10.1 Å². The molecule has 1 aromatic carbocycles. The van der Waals surface area contributed by atoms with Gasteiger partial charge in [-0.1, -0.05) is 30.3 Å². The third kappa shape index (κ3) is 3.35. The quantitative estimate of drug-likeness (QED) is 0.705. The standard InChI is InChI=1S/C26H33N3O3/c1-16-22(17(2)29(4)28-16)27-23(30)18(3)32-24(31)26-13-19-10-20(14-26)12-25(11-19,15-26)21-8-6-5-7-9-21/h5-9,18-20H,10-15H2,1-4H3,(H,27,30). The van der Waals surface area contributed by atoms with Gasteiger partial charge in [-0.3, -0.25) is 14.3 Å². The molecule has 4 saturated carbocycles. The Hall–Kier alpha value is -2.63. The zero-order valence-electron chi connectivity index (χ0n) is 19.5. The van der Waals surface area contributed by atoms with Crippen molar-refractivity contribution >= 4 is 17.6 Å². The molecular formula is C26H33N3O3. The number of hydrogen-bond acceptors (Lipinski definition) is 4. The maximum Gasteiger partial charge on any atom is 0.312 e. The average Bonchev–Trinajstić information content (AvgIpc) is 2.99. The first kappa shape index (κ1) is 21.2. The lowest BCUT2D eigenvalue weighted by Gasteiger charge is -2.61. The fourth-order valence-electron chi connectivity index (χ4n) is 7.15. The number of aromatic nitrogens is 2. The molecule has 6 rings (SSSR count). The highest BCUT2D eigenvalue weighted by atomic mass is 16.5. The van der Waals surface area contributed by atoms with E-state index in [-0.39, 0.29) is 17.3 Å². The molecule has 2 aromatic rings. The van der Waals surface area contributed by atoms with Gasteiger partial charge in [0.25, 0.3) is 5.91 Å². The number of aryl methyl sites for hydroxylation is 2. The molecule has 0 aliphatic heterocycles. The predicted octanol–water partition coefficient (Wildman–Crippen LogP) is 4.45. The second-order valence-corrected chi connectivity index (χ2v) is 10.6. The zero-order valence-corrected chi connectivity index (χ0v) is 19.5. The molecule has 4 fully saturated rings. The second-order valence-electron chi connectivity index (χ2n) is 10.6. The summed E-state index contributed by atoms with van der Waals surface area (Å²) in [6.45, 7) is 5.43. The lowest BCUT2D eigenvalue weighted by molar-refractivity contribution is -0.180. The summed E-state index contributed by atoms with van der Waals surface area (Å²) in [5.41, 5.74) is 3.29. The minimum Gasteiger partial charge on any atom is -0.452 e. The molecule has 4 aliphatic rings. The summed E-state index contributed by atoms with van der Waals surface area (Å²) in [4.78, 5) is 26.4. The number of rotatable bonds is 5. The van der Waals surface area contributed by atoms with Crippen molar-refractivity contribution in [2.45, 2.75) is 70.8 Å². The summed E-state index contributed by atoms with van der Waals surface area (Å²) in [5.74, 6) is 0.636. The molecular weight excluding hydrogens is 402 g/mol. The van der Waals surface area contributed by atoms with Crippen LogP contribution in [0.15, 0.2) is 30.3 Å². The number of nitrogens with one attached hydrogen (secondary N) is 1. The number of nitrogens with zero attached hydrogens (tertiary/aromatic N) is 2. The van der Waals surface area contributed by atoms with Crippen LogP contribution in [0.5, 0.6) is 0 Å². The minimum absolute atomic E-state index is 0.0692. The number of carbonyl (C=O) groups is 2. The molecule has 0 saturated heterocycles. The maximum absolute atomic E-state index is 13.6. The van der Waals surface area contributed by atoms with E-state index >= 15 is 0 Å². The molecule has 4 aliphatic carbocycles. The number of carbonyl (C=O) groups excluding carboxylic acids is 2. The highest BCUT2D eigenvalue weighted by Crippen LogP contribution is 2.66. The van der Waals surface area contributed by atoms with Crippen LogP contribution in [-0.4, -0.2) is 27.8 Å². The maximum atomic E-state index is 13.6.